The number of hydrogen-bond acceptors (Lipinski definition) is 4. The van der Waals surface area contributed by atoms with E-state index in [9.17, 15) is 9.90 Å². The summed E-state index contributed by atoms with van der Waals surface area (Å²) in [6, 6.07) is 9.94. The van der Waals surface area contributed by atoms with Gasteiger partial charge < -0.3 is 19.5 Å². The summed E-state index contributed by atoms with van der Waals surface area (Å²) < 4.78 is 11.3. The molecule has 1 N–H and O–H groups in total. The normalized spacial score (nSPS) is 27.7. The molecule has 1 aromatic carbocycles. The summed E-state index contributed by atoms with van der Waals surface area (Å²) in [6.45, 7) is 4.24. The number of aliphatic hydroxyl groups is 1. The van der Waals surface area contributed by atoms with Gasteiger partial charge in [0.25, 0.3) is 5.91 Å². The number of rotatable bonds is 3. The van der Waals surface area contributed by atoms with E-state index >= 15 is 0 Å². The number of ether oxygens (including phenoxy) is 2. The van der Waals surface area contributed by atoms with Crippen LogP contribution in [-0.2, 0) is 14.3 Å². The van der Waals surface area contributed by atoms with Crippen LogP contribution in [0.3, 0.4) is 0 Å². The average Bonchev–Trinajstić information content (AvgIpc) is 2.61. The lowest BCUT2D eigenvalue weighted by Crippen LogP contribution is -2.51. The molecule has 126 valence electrons. The monoisotopic (exact) mass is 319 g/mol. The summed E-state index contributed by atoms with van der Waals surface area (Å²) in [5.74, 6) is -0.169. The van der Waals surface area contributed by atoms with Gasteiger partial charge in [-0.2, -0.15) is 0 Å². The fourth-order valence-corrected chi connectivity index (χ4v) is 3.40. The molecule has 0 aromatic heterocycles. The van der Waals surface area contributed by atoms with Gasteiger partial charge in [0.15, 0.2) is 0 Å². The van der Waals surface area contributed by atoms with Gasteiger partial charge in [-0.25, -0.2) is 0 Å². The third-order valence-electron chi connectivity index (χ3n) is 4.71. The predicted molar refractivity (Wildman–Crippen MR) is 85.9 cm³/mol. The first kappa shape index (κ1) is 16.4. The van der Waals surface area contributed by atoms with Crippen molar-refractivity contribution in [3.8, 4) is 0 Å². The zero-order valence-corrected chi connectivity index (χ0v) is 13.6. The van der Waals surface area contributed by atoms with Gasteiger partial charge in [0.2, 0.25) is 0 Å². The maximum absolute atomic E-state index is 12.7. The number of morpholine rings is 1. The molecule has 0 spiro atoms. The van der Waals surface area contributed by atoms with E-state index in [2.05, 4.69) is 0 Å². The van der Waals surface area contributed by atoms with E-state index in [0.29, 0.717) is 26.3 Å². The molecular weight excluding hydrogens is 294 g/mol. The number of carbonyl (C=O) groups excluding carboxylic acids is 1. The van der Waals surface area contributed by atoms with E-state index < -0.39 is 6.10 Å². The fourth-order valence-electron chi connectivity index (χ4n) is 3.40. The Balaban J connectivity index is 1.67. The largest absolute Gasteiger partial charge is 0.383 e. The summed E-state index contributed by atoms with van der Waals surface area (Å²) in [6.07, 6.45) is 0.385. The molecule has 0 bridgehead atoms. The zero-order chi connectivity index (χ0) is 16.2. The quantitative estimate of drug-likeness (QED) is 0.922. The summed E-state index contributed by atoms with van der Waals surface area (Å²) in [5, 5.41) is 10.5. The Labute approximate surface area is 137 Å². The molecule has 2 aliphatic heterocycles. The van der Waals surface area contributed by atoms with Crippen LogP contribution in [0.2, 0.25) is 0 Å². The van der Waals surface area contributed by atoms with Crippen LogP contribution < -0.4 is 0 Å². The molecule has 0 saturated carbocycles. The van der Waals surface area contributed by atoms with Crippen LogP contribution in [0.4, 0.5) is 0 Å². The van der Waals surface area contributed by atoms with E-state index in [0.717, 1.165) is 18.4 Å². The first-order valence-corrected chi connectivity index (χ1v) is 8.40. The number of nitrogens with zero attached hydrogens (tertiary/aromatic N) is 1. The maximum atomic E-state index is 12.7. The molecule has 5 nitrogen and oxygen atoms in total. The van der Waals surface area contributed by atoms with Crippen molar-refractivity contribution in [3.63, 3.8) is 0 Å². The van der Waals surface area contributed by atoms with Gasteiger partial charge in [0.1, 0.15) is 12.2 Å². The van der Waals surface area contributed by atoms with E-state index in [1.54, 1.807) is 4.90 Å². The van der Waals surface area contributed by atoms with Crippen molar-refractivity contribution >= 4 is 5.91 Å². The third kappa shape index (κ3) is 3.91. The molecule has 2 aliphatic rings. The summed E-state index contributed by atoms with van der Waals surface area (Å²) in [4.78, 5) is 14.5. The maximum Gasteiger partial charge on any atom is 0.251 e. The van der Waals surface area contributed by atoms with Crippen molar-refractivity contribution in [2.45, 2.75) is 38.1 Å². The second-order valence-corrected chi connectivity index (χ2v) is 6.48. The minimum absolute atomic E-state index is 0.00424. The highest BCUT2D eigenvalue weighted by molar-refractivity contribution is 5.81. The number of benzene rings is 1. The second-order valence-electron chi connectivity index (χ2n) is 6.48. The van der Waals surface area contributed by atoms with Crippen LogP contribution in [0, 0.1) is 5.92 Å². The molecule has 1 aromatic rings. The SMILES string of the molecule is C[C@@H]1CN(C(=O)[C@H](O)C2CCOCC2)C[C@H](c2ccccc2)O1. The predicted octanol–water partition coefficient (Wildman–Crippen LogP) is 1.76. The minimum atomic E-state index is -0.930. The van der Waals surface area contributed by atoms with Crippen molar-refractivity contribution in [2.75, 3.05) is 26.3 Å². The van der Waals surface area contributed by atoms with Crippen LogP contribution in [0.1, 0.15) is 31.4 Å². The van der Waals surface area contributed by atoms with Gasteiger partial charge in [-0.1, -0.05) is 30.3 Å². The Morgan fingerprint density at radius 2 is 1.91 bits per heavy atom. The summed E-state index contributed by atoms with van der Waals surface area (Å²) >= 11 is 0. The van der Waals surface area contributed by atoms with Gasteiger partial charge in [-0.15, -0.1) is 0 Å². The molecule has 0 aliphatic carbocycles. The molecule has 23 heavy (non-hydrogen) atoms. The Kier molecular flexibility index (Phi) is 5.30. The van der Waals surface area contributed by atoms with E-state index in [1.165, 1.54) is 0 Å². The lowest BCUT2D eigenvalue weighted by atomic mass is 9.92. The van der Waals surface area contributed by atoms with Gasteiger partial charge in [0, 0.05) is 19.8 Å². The van der Waals surface area contributed by atoms with Crippen LogP contribution in [0.5, 0.6) is 0 Å². The molecule has 0 unspecified atom stereocenters. The highest BCUT2D eigenvalue weighted by Gasteiger charge is 2.35. The summed E-state index contributed by atoms with van der Waals surface area (Å²) in [5.41, 5.74) is 1.07. The van der Waals surface area contributed by atoms with Crippen molar-refractivity contribution in [3.05, 3.63) is 35.9 Å². The van der Waals surface area contributed by atoms with Crippen molar-refractivity contribution in [2.24, 2.45) is 5.92 Å². The van der Waals surface area contributed by atoms with Gasteiger partial charge in [-0.3, -0.25) is 4.79 Å². The van der Waals surface area contributed by atoms with E-state index in [-0.39, 0.29) is 24.0 Å². The molecule has 1 amide bonds. The Morgan fingerprint density at radius 3 is 2.61 bits per heavy atom. The van der Waals surface area contributed by atoms with Crippen molar-refractivity contribution < 1.29 is 19.4 Å². The Bertz CT molecular complexity index is 515. The van der Waals surface area contributed by atoms with Crippen molar-refractivity contribution in [1.29, 1.82) is 0 Å². The number of hydrogen-bond donors (Lipinski definition) is 1. The lowest BCUT2D eigenvalue weighted by Gasteiger charge is -2.39. The van der Waals surface area contributed by atoms with Crippen molar-refractivity contribution in [1.82, 2.24) is 4.90 Å². The molecule has 2 fully saturated rings. The molecule has 5 heteroatoms. The molecule has 3 rings (SSSR count). The molecule has 2 heterocycles. The topological polar surface area (TPSA) is 59.0 Å². The second kappa shape index (κ2) is 7.43. The molecule has 2 saturated heterocycles. The minimum Gasteiger partial charge on any atom is -0.383 e. The van der Waals surface area contributed by atoms with Gasteiger partial charge in [0.05, 0.1) is 12.6 Å². The number of aliphatic hydroxyl groups excluding tert-OH is 1. The summed E-state index contributed by atoms with van der Waals surface area (Å²) in [7, 11) is 0. The molecule has 0 radical (unpaired) electrons. The average molecular weight is 319 g/mol. The Hall–Kier alpha value is -1.43. The van der Waals surface area contributed by atoms with Crippen LogP contribution in [-0.4, -0.2) is 54.4 Å². The number of carbonyl (C=O) groups is 1. The highest BCUT2D eigenvalue weighted by atomic mass is 16.5. The first-order chi connectivity index (χ1) is 11.1. The van der Waals surface area contributed by atoms with Crippen LogP contribution in [0.25, 0.3) is 0 Å². The number of amides is 1. The fraction of sp³-hybridized carbons (Fsp3) is 0.611. The van der Waals surface area contributed by atoms with Crippen LogP contribution >= 0.6 is 0 Å². The van der Waals surface area contributed by atoms with Gasteiger partial charge in [-0.05, 0) is 31.2 Å². The van der Waals surface area contributed by atoms with Crippen LogP contribution in [0.15, 0.2) is 30.3 Å². The lowest BCUT2D eigenvalue weighted by molar-refractivity contribution is -0.157. The molecular formula is C18H25NO4. The Morgan fingerprint density at radius 1 is 1.22 bits per heavy atom. The smallest absolute Gasteiger partial charge is 0.251 e. The third-order valence-corrected chi connectivity index (χ3v) is 4.71. The van der Waals surface area contributed by atoms with E-state index in [1.807, 2.05) is 37.3 Å². The highest BCUT2D eigenvalue weighted by Crippen LogP contribution is 2.27. The molecule has 3 atom stereocenters. The van der Waals surface area contributed by atoms with Gasteiger partial charge >= 0.3 is 0 Å². The zero-order valence-electron chi connectivity index (χ0n) is 13.6. The standard InChI is InChI=1S/C18H25NO4/c1-13-11-19(12-16(23-13)14-5-3-2-4-6-14)18(21)17(20)15-7-9-22-10-8-15/h2-6,13,15-17,20H,7-12H2,1H3/t13-,16-,17-/m1/s1. The van der Waals surface area contributed by atoms with E-state index in [4.69, 9.17) is 9.47 Å². The first-order valence-electron chi connectivity index (χ1n) is 8.40.